The number of ether oxygens (including phenoxy) is 2. The number of carbonyl (C=O) groups excluding carboxylic acids is 2. The van der Waals surface area contributed by atoms with Gasteiger partial charge in [-0.3, -0.25) is 0 Å². The summed E-state index contributed by atoms with van der Waals surface area (Å²) in [7, 11) is 0. The predicted molar refractivity (Wildman–Crippen MR) is 130 cm³/mol. The summed E-state index contributed by atoms with van der Waals surface area (Å²) < 4.78 is 12.0. The minimum absolute atomic E-state index is 0.184. The van der Waals surface area contributed by atoms with E-state index in [1.165, 1.54) is 0 Å². The molecule has 0 saturated heterocycles. The fourth-order valence-corrected chi connectivity index (χ4v) is 4.37. The first kappa shape index (κ1) is 22.2. The van der Waals surface area contributed by atoms with Crippen LogP contribution < -0.4 is 4.74 Å². The summed E-state index contributed by atoms with van der Waals surface area (Å²) in [6.45, 7) is 3.93. The third kappa shape index (κ3) is 4.89. The van der Waals surface area contributed by atoms with Crippen LogP contribution in [0.5, 0.6) is 5.75 Å². The predicted octanol–water partition coefficient (Wildman–Crippen LogP) is 6.39. The molecule has 0 bridgehead atoms. The molecular formula is C25H17Br2NO4. The van der Waals surface area contributed by atoms with Gasteiger partial charge in [0.05, 0.1) is 14.5 Å². The molecule has 0 amide bonds. The standard InChI is InChI=1S/C25H17Br2NO4/c1-14-3-7-17(8-4-14)23-28-21(25(30)32-23)13-16-11-19(26)22(20(27)12-16)31-24(29)18-9-5-15(2)6-10-18/h3-13H,1-2H3/b21-13-. The Bertz CT molecular complexity index is 1250. The van der Waals surface area contributed by atoms with Crippen LogP contribution in [0.4, 0.5) is 0 Å². The molecule has 1 aliphatic rings. The maximum absolute atomic E-state index is 12.5. The van der Waals surface area contributed by atoms with Crippen molar-refractivity contribution in [1.29, 1.82) is 0 Å². The first-order chi connectivity index (χ1) is 15.3. The fourth-order valence-electron chi connectivity index (χ4n) is 2.99. The molecule has 1 aliphatic heterocycles. The van der Waals surface area contributed by atoms with Crippen molar-refractivity contribution in [3.63, 3.8) is 0 Å². The van der Waals surface area contributed by atoms with Crippen molar-refractivity contribution in [2.45, 2.75) is 13.8 Å². The molecule has 0 saturated carbocycles. The fraction of sp³-hybridized carbons (Fsp3) is 0.0800. The van der Waals surface area contributed by atoms with Crippen molar-refractivity contribution < 1.29 is 19.1 Å². The third-order valence-electron chi connectivity index (χ3n) is 4.73. The molecule has 0 aromatic heterocycles. The van der Waals surface area contributed by atoms with Gasteiger partial charge < -0.3 is 9.47 Å². The maximum atomic E-state index is 12.5. The van der Waals surface area contributed by atoms with Crippen LogP contribution >= 0.6 is 31.9 Å². The van der Waals surface area contributed by atoms with E-state index < -0.39 is 11.9 Å². The second-order valence-corrected chi connectivity index (χ2v) is 8.98. The summed E-state index contributed by atoms with van der Waals surface area (Å²) >= 11 is 6.88. The molecule has 3 aromatic rings. The van der Waals surface area contributed by atoms with Crippen LogP contribution in [0.1, 0.15) is 32.6 Å². The molecule has 4 rings (SSSR count). The molecule has 7 heteroatoms. The smallest absolute Gasteiger partial charge is 0.363 e. The van der Waals surface area contributed by atoms with Gasteiger partial charge in [-0.1, -0.05) is 35.4 Å². The lowest BCUT2D eigenvalue weighted by Gasteiger charge is -2.10. The number of benzene rings is 3. The van der Waals surface area contributed by atoms with Gasteiger partial charge in [0.25, 0.3) is 0 Å². The van der Waals surface area contributed by atoms with E-state index in [4.69, 9.17) is 9.47 Å². The average Bonchev–Trinajstić information content (AvgIpc) is 3.11. The lowest BCUT2D eigenvalue weighted by Crippen LogP contribution is -2.09. The molecule has 3 aromatic carbocycles. The van der Waals surface area contributed by atoms with Gasteiger partial charge in [0, 0.05) is 5.56 Å². The number of nitrogens with zero attached hydrogens (tertiary/aromatic N) is 1. The summed E-state index contributed by atoms with van der Waals surface area (Å²) in [5.41, 5.74) is 4.20. The maximum Gasteiger partial charge on any atom is 0.363 e. The molecule has 1 heterocycles. The summed E-state index contributed by atoms with van der Waals surface area (Å²) in [6, 6.07) is 18.2. The number of carbonyl (C=O) groups is 2. The van der Waals surface area contributed by atoms with Crippen LogP contribution in [0, 0.1) is 13.8 Å². The highest BCUT2D eigenvalue weighted by Crippen LogP contribution is 2.36. The Morgan fingerprint density at radius 1 is 0.938 bits per heavy atom. The van der Waals surface area contributed by atoms with E-state index in [2.05, 4.69) is 36.9 Å². The number of esters is 2. The molecule has 32 heavy (non-hydrogen) atoms. The van der Waals surface area contributed by atoms with E-state index in [9.17, 15) is 9.59 Å². The van der Waals surface area contributed by atoms with Gasteiger partial charge in [-0.2, -0.15) is 0 Å². The van der Waals surface area contributed by atoms with Crippen LogP contribution in [0.15, 0.2) is 80.3 Å². The lowest BCUT2D eigenvalue weighted by atomic mass is 10.1. The normalized spacial score (nSPS) is 14.3. The van der Waals surface area contributed by atoms with E-state index in [-0.39, 0.29) is 11.6 Å². The van der Waals surface area contributed by atoms with Gasteiger partial charge in [0.2, 0.25) is 5.90 Å². The number of cyclic esters (lactones) is 1. The summed E-state index contributed by atoms with van der Waals surface area (Å²) in [6.07, 6.45) is 1.62. The van der Waals surface area contributed by atoms with Crippen LogP contribution in [-0.2, 0) is 9.53 Å². The molecule has 0 radical (unpaired) electrons. The summed E-state index contributed by atoms with van der Waals surface area (Å²) in [5, 5.41) is 0. The Balaban J connectivity index is 1.58. The number of aliphatic imine (C=N–C) groups is 1. The van der Waals surface area contributed by atoms with E-state index in [1.807, 2.05) is 50.2 Å². The van der Waals surface area contributed by atoms with Crippen molar-refractivity contribution in [1.82, 2.24) is 0 Å². The first-order valence-electron chi connectivity index (χ1n) is 9.67. The molecule has 0 spiro atoms. The molecule has 0 N–H and O–H groups in total. The van der Waals surface area contributed by atoms with Gasteiger partial charge in [0.15, 0.2) is 11.4 Å². The Labute approximate surface area is 202 Å². The van der Waals surface area contributed by atoms with Gasteiger partial charge in [0.1, 0.15) is 0 Å². The highest BCUT2D eigenvalue weighted by atomic mass is 79.9. The van der Waals surface area contributed by atoms with Crippen molar-refractivity contribution in [3.05, 3.63) is 103 Å². The molecule has 0 unspecified atom stereocenters. The Morgan fingerprint density at radius 3 is 2.09 bits per heavy atom. The molecule has 0 fully saturated rings. The molecule has 0 atom stereocenters. The zero-order valence-corrected chi connectivity index (χ0v) is 20.4. The van der Waals surface area contributed by atoms with Crippen LogP contribution in [0.2, 0.25) is 0 Å². The van der Waals surface area contributed by atoms with Crippen LogP contribution in [-0.4, -0.2) is 17.8 Å². The minimum atomic E-state index is -0.525. The average molecular weight is 555 g/mol. The van der Waals surface area contributed by atoms with Gasteiger partial charge in [-0.05, 0) is 93.7 Å². The van der Waals surface area contributed by atoms with E-state index >= 15 is 0 Å². The minimum Gasteiger partial charge on any atom is -0.421 e. The Hall–Kier alpha value is -3.03. The largest absolute Gasteiger partial charge is 0.421 e. The number of halogens is 2. The quantitative estimate of drug-likeness (QED) is 0.213. The number of hydrogen-bond donors (Lipinski definition) is 0. The molecular weight excluding hydrogens is 538 g/mol. The van der Waals surface area contributed by atoms with E-state index in [1.54, 1.807) is 30.3 Å². The zero-order valence-electron chi connectivity index (χ0n) is 17.2. The number of rotatable bonds is 4. The highest BCUT2D eigenvalue weighted by Gasteiger charge is 2.24. The summed E-state index contributed by atoms with van der Waals surface area (Å²) in [4.78, 5) is 29.1. The number of aryl methyl sites for hydroxylation is 2. The first-order valence-corrected chi connectivity index (χ1v) is 11.3. The zero-order chi connectivity index (χ0) is 22.8. The van der Waals surface area contributed by atoms with Gasteiger partial charge in [-0.15, -0.1) is 0 Å². The Morgan fingerprint density at radius 2 is 1.50 bits per heavy atom. The van der Waals surface area contributed by atoms with E-state index in [0.29, 0.717) is 25.8 Å². The topological polar surface area (TPSA) is 65.0 Å². The van der Waals surface area contributed by atoms with Crippen molar-refractivity contribution in [2.24, 2.45) is 4.99 Å². The number of hydrogen-bond acceptors (Lipinski definition) is 5. The highest BCUT2D eigenvalue weighted by molar-refractivity contribution is 9.11. The van der Waals surface area contributed by atoms with Crippen molar-refractivity contribution in [3.8, 4) is 5.75 Å². The molecule has 160 valence electrons. The van der Waals surface area contributed by atoms with Crippen molar-refractivity contribution in [2.75, 3.05) is 0 Å². The Kier molecular flexibility index (Phi) is 6.39. The SMILES string of the molecule is Cc1ccc(C(=O)Oc2c(Br)cc(/C=C3\N=C(c4ccc(C)cc4)OC3=O)cc2Br)cc1. The van der Waals surface area contributed by atoms with Crippen LogP contribution in [0.3, 0.4) is 0 Å². The monoisotopic (exact) mass is 553 g/mol. The van der Waals surface area contributed by atoms with Gasteiger partial charge in [-0.25, -0.2) is 14.6 Å². The second kappa shape index (κ2) is 9.22. The molecule has 0 aliphatic carbocycles. The van der Waals surface area contributed by atoms with Crippen LogP contribution in [0.25, 0.3) is 6.08 Å². The van der Waals surface area contributed by atoms with E-state index in [0.717, 1.165) is 16.7 Å². The van der Waals surface area contributed by atoms with Gasteiger partial charge >= 0.3 is 11.9 Å². The molecule has 5 nitrogen and oxygen atoms in total. The van der Waals surface area contributed by atoms with Crippen molar-refractivity contribution >= 4 is 55.8 Å². The lowest BCUT2D eigenvalue weighted by molar-refractivity contribution is -0.129. The summed E-state index contributed by atoms with van der Waals surface area (Å²) in [5.74, 6) is -0.384. The third-order valence-corrected chi connectivity index (χ3v) is 5.90. The second-order valence-electron chi connectivity index (χ2n) is 7.27.